The molecule has 9 nitrogen and oxygen atoms in total. The number of rotatable bonds is 6. The number of guanidine groups is 1. The summed E-state index contributed by atoms with van der Waals surface area (Å²) in [5.41, 5.74) is -5.25. The van der Waals surface area contributed by atoms with Crippen LogP contribution in [-0.4, -0.2) is 60.5 Å². The number of aryl methyl sites for hydroxylation is 1. The first kappa shape index (κ1) is 24.9. The molecular formula is C14H24F3IN6O3S. The number of hydrogen-bond donors (Lipinski definition) is 2. The third kappa shape index (κ3) is 6.72. The van der Waals surface area contributed by atoms with Crippen LogP contribution in [0.3, 0.4) is 0 Å². The highest BCUT2D eigenvalue weighted by Crippen LogP contribution is 2.30. The molecule has 0 atom stereocenters. The maximum absolute atomic E-state index is 12.6. The van der Waals surface area contributed by atoms with Gasteiger partial charge in [-0.15, -0.1) is 24.0 Å². The molecule has 0 saturated carbocycles. The molecule has 28 heavy (non-hydrogen) atoms. The Hall–Kier alpha value is -1.16. The molecule has 162 valence electrons. The van der Waals surface area contributed by atoms with E-state index in [2.05, 4.69) is 25.8 Å². The minimum absolute atomic E-state index is 0. The van der Waals surface area contributed by atoms with Crippen molar-refractivity contribution in [1.29, 1.82) is 0 Å². The Bertz CT molecular complexity index is 748. The number of aliphatic imine (C=N–C) groups is 1. The fraction of sp³-hybridized carbons (Fsp3) is 0.786. The van der Waals surface area contributed by atoms with Crippen molar-refractivity contribution >= 4 is 40.0 Å². The van der Waals surface area contributed by atoms with Gasteiger partial charge in [0.1, 0.15) is 6.54 Å². The molecule has 0 bridgehead atoms. The van der Waals surface area contributed by atoms with Crippen LogP contribution in [0.25, 0.3) is 0 Å². The Morgan fingerprint density at radius 3 is 2.46 bits per heavy atom. The number of nitrogens with one attached hydrogen (secondary N) is 2. The largest absolute Gasteiger partial charge is 0.511 e. The summed E-state index contributed by atoms with van der Waals surface area (Å²) in [4.78, 5) is 8.36. The first-order chi connectivity index (χ1) is 12.6. The number of alkyl halides is 3. The normalized spacial score (nSPS) is 17.2. The summed E-state index contributed by atoms with van der Waals surface area (Å²) in [7, 11) is -5.25. The van der Waals surface area contributed by atoms with Gasteiger partial charge in [0.05, 0.1) is 0 Å². The number of sulfonamides is 1. The zero-order valence-electron chi connectivity index (χ0n) is 15.5. The quantitative estimate of drug-likeness (QED) is 0.321. The third-order valence-electron chi connectivity index (χ3n) is 4.05. The Balaban J connectivity index is 0.00000392. The minimum atomic E-state index is -5.25. The smallest absolute Gasteiger partial charge is 0.357 e. The highest BCUT2D eigenvalue weighted by atomic mass is 127. The Morgan fingerprint density at radius 1 is 1.32 bits per heavy atom. The summed E-state index contributed by atoms with van der Waals surface area (Å²) >= 11 is 0. The van der Waals surface area contributed by atoms with Crippen molar-refractivity contribution in [3.8, 4) is 0 Å². The number of halogens is 4. The number of piperidine rings is 1. The van der Waals surface area contributed by atoms with Crippen LogP contribution in [-0.2, 0) is 16.6 Å². The van der Waals surface area contributed by atoms with E-state index in [4.69, 9.17) is 4.52 Å². The SMILES string of the molecule is CCNC(=NCc1nc(C)no1)NCC1CCN(S(=O)(=O)C(F)(F)F)CC1.I. The van der Waals surface area contributed by atoms with Crippen LogP contribution in [0.15, 0.2) is 9.52 Å². The van der Waals surface area contributed by atoms with E-state index in [-0.39, 0.29) is 49.5 Å². The molecular weight excluding hydrogens is 516 g/mol. The molecule has 0 aliphatic carbocycles. The molecule has 2 heterocycles. The van der Waals surface area contributed by atoms with E-state index in [0.717, 1.165) is 0 Å². The molecule has 1 fully saturated rings. The van der Waals surface area contributed by atoms with Crippen molar-refractivity contribution in [2.75, 3.05) is 26.2 Å². The van der Waals surface area contributed by atoms with Crippen molar-refractivity contribution in [2.45, 2.75) is 38.7 Å². The highest BCUT2D eigenvalue weighted by molar-refractivity contribution is 14.0. The molecule has 1 saturated heterocycles. The predicted molar refractivity (Wildman–Crippen MR) is 107 cm³/mol. The van der Waals surface area contributed by atoms with Crippen LogP contribution in [0.1, 0.15) is 31.5 Å². The maximum Gasteiger partial charge on any atom is 0.511 e. The lowest BCUT2D eigenvalue weighted by atomic mass is 9.98. The van der Waals surface area contributed by atoms with Crippen molar-refractivity contribution in [3.05, 3.63) is 11.7 Å². The van der Waals surface area contributed by atoms with E-state index in [9.17, 15) is 21.6 Å². The van der Waals surface area contributed by atoms with Crippen LogP contribution in [0.5, 0.6) is 0 Å². The van der Waals surface area contributed by atoms with Gasteiger partial charge in [-0.1, -0.05) is 5.16 Å². The van der Waals surface area contributed by atoms with Gasteiger partial charge in [-0.25, -0.2) is 13.4 Å². The fourth-order valence-corrected chi connectivity index (χ4v) is 3.62. The summed E-state index contributed by atoms with van der Waals surface area (Å²) in [6, 6.07) is 0. The first-order valence-electron chi connectivity index (χ1n) is 8.51. The molecule has 0 aromatic carbocycles. The number of nitrogens with zero attached hydrogens (tertiary/aromatic N) is 4. The Kier molecular flexibility index (Phi) is 9.39. The van der Waals surface area contributed by atoms with Gasteiger partial charge < -0.3 is 15.2 Å². The molecule has 14 heteroatoms. The number of hydrogen-bond acceptors (Lipinski definition) is 6. The zero-order valence-corrected chi connectivity index (χ0v) is 18.6. The lowest BCUT2D eigenvalue weighted by molar-refractivity contribution is -0.0496. The van der Waals surface area contributed by atoms with E-state index in [1.54, 1.807) is 6.92 Å². The molecule has 1 aromatic rings. The van der Waals surface area contributed by atoms with Gasteiger partial charge >= 0.3 is 15.5 Å². The van der Waals surface area contributed by atoms with Gasteiger partial charge in [-0.05, 0) is 32.6 Å². The molecule has 0 unspecified atom stereocenters. The summed E-state index contributed by atoms with van der Waals surface area (Å²) in [5.74, 6) is 1.44. The first-order valence-corrected chi connectivity index (χ1v) is 9.95. The average molecular weight is 540 g/mol. The van der Waals surface area contributed by atoms with Gasteiger partial charge in [0.25, 0.3) is 0 Å². The van der Waals surface area contributed by atoms with Crippen LogP contribution in [0.2, 0.25) is 0 Å². The summed E-state index contributed by atoms with van der Waals surface area (Å²) < 4.78 is 66.1. The van der Waals surface area contributed by atoms with Gasteiger partial charge in [0, 0.05) is 26.2 Å². The van der Waals surface area contributed by atoms with Crippen molar-refractivity contribution in [3.63, 3.8) is 0 Å². The van der Waals surface area contributed by atoms with E-state index >= 15 is 0 Å². The predicted octanol–water partition coefficient (Wildman–Crippen LogP) is 1.61. The van der Waals surface area contributed by atoms with Crippen molar-refractivity contribution in [1.82, 2.24) is 25.1 Å². The van der Waals surface area contributed by atoms with Gasteiger partial charge in [0.2, 0.25) is 5.89 Å². The molecule has 1 aromatic heterocycles. The third-order valence-corrected chi connectivity index (χ3v) is 5.68. The van der Waals surface area contributed by atoms with E-state index in [1.165, 1.54) is 0 Å². The molecule has 1 aliphatic heterocycles. The standard InChI is InChI=1S/C14H23F3N6O3S.HI/c1-3-18-13(20-9-12-21-10(2)22-26-12)19-8-11-4-6-23(7-5-11)27(24,25)14(15,16)17;/h11H,3-9H2,1-2H3,(H2,18,19,20);1H. The fourth-order valence-electron chi connectivity index (χ4n) is 2.63. The lowest BCUT2D eigenvalue weighted by Gasteiger charge is -2.31. The average Bonchev–Trinajstić information content (AvgIpc) is 3.02. The number of aromatic nitrogens is 2. The van der Waals surface area contributed by atoms with E-state index in [1.807, 2.05) is 6.92 Å². The van der Waals surface area contributed by atoms with Crippen LogP contribution >= 0.6 is 24.0 Å². The van der Waals surface area contributed by atoms with Gasteiger partial charge in [-0.3, -0.25) is 0 Å². The molecule has 1 aliphatic rings. The second-order valence-electron chi connectivity index (χ2n) is 6.10. The van der Waals surface area contributed by atoms with Crippen molar-refractivity contribution in [2.24, 2.45) is 10.9 Å². The van der Waals surface area contributed by atoms with E-state index in [0.29, 0.717) is 47.9 Å². The zero-order chi connectivity index (χ0) is 20.1. The van der Waals surface area contributed by atoms with Gasteiger partial charge in [0.15, 0.2) is 11.8 Å². The topological polar surface area (TPSA) is 113 Å². The highest BCUT2D eigenvalue weighted by Gasteiger charge is 2.50. The Labute approximate surface area is 178 Å². The lowest BCUT2D eigenvalue weighted by Crippen LogP contribution is -2.47. The molecule has 2 rings (SSSR count). The summed E-state index contributed by atoms with van der Waals surface area (Å²) in [5, 5.41) is 9.83. The second kappa shape index (κ2) is 10.6. The van der Waals surface area contributed by atoms with Crippen LogP contribution in [0, 0.1) is 12.8 Å². The maximum atomic E-state index is 12.6. The Morgan fingerprint density at radius 2 is 1.96 bits per heavy atom. The summed E-state index contributed by atoms with van der Waals surface area (Å²) in [6.45, 7) is 4.58. The van der Waals surface area contributed by atoms with Crippen LogP contribution in [0.4, 0.5) is 13.2 Å². The van der Waals surface area contributed by atoms with Crippen LogP contribution < -0.4 is 10.6 Å². The van der Waals surface area contributed by atoms with Gasteiger partial charge in [-0.2, -0.15) is 22.5 Å². The molecule has 0 spiro atoms. The van der Waals surface area contributed by atoms with Crippen molar-refractivity contribution < 1.29 is 26.1 Å². The molecule has 0 radical (unpaired) electrons. The molecule has 2 N–H and O–H groups in total. The monoisotopic (exact) mass is 540 g/mol. The minimum Gasteiger partial charge on any atom is -0.357 e. The van der Waals surface area contributed by atoms with E-state index < -0.39 is 15.5 Å². The second-order valence-corrected chi connectivity index (χ2v) is 8.03. The summed E-state index contributed by atoms with van der Waals surface area (Å²) in [6.07, 6.45) is 0.676. The molecule has 0 amide bonds.